The van der Waals surface area contributed by atoms with E-state index in [1.807, 2.05) is 17.0 Å². The van der Waals surface area contributed by atoms with Gasteiger partial charge in [-0.05, 0) is 80.6 Å². The van der Waals surface area contributed by atoms with Crippen LogP contribution in [0, 0.1) is 5.92 Å². The first-order valence-electron chi connectivity index (χ1n) is 10.8. The highest BCUT2D eigenvalue weighted by atomic mass is 35.5. The lowest BCUT2D eigenvalue weighted by molar-refractivity contribution is -0.121. The lowest BCUT2D eigenvalue weighted by Gasteiger charge is -2.31. The van der Waals surface area contributed by atoms with Gasteiger partial charge in [-0.2, -0.15) is 0 Å². The van der Waals surface area contributed by atoms with Gasteiger partial charge in [0, 0.05) is 54.1 Å². The summed E-state index contributed by atoms with van der Waals surface area (Å²) in [6, 6.07) is 15.1. The third-order valence-electron chi connectivity index (χ3n) is 6.10. The second-order valence-corrected chi connectivity index (χ2v) is 8.59. The van der Waals surface area contributed by atoms with Gasteiger partial charge in [-0.3, -0.25) is 9.59 Å². The molecule has 2 fully saturated rings. The average molecular weight is 426 g/mol. The third-order valence-corrected chi connectivity index (χ3v) is 6.35. The van der Waals surface area contributed by atoms with E-state index in [1.165, 1.54) is 24.9 Å². The van der Waals surface area contributed by atoms with Crippen molar-refractivity contribution in [1.82, 2.24) is 4.90 Å². The van der Waals surface area contributed by atoms with Gasteiger partial charge < -0.3 is 15.1 Å². The van der Waals surface area contributed by atoms with E-state index in [4.69, 9.17) is 11.6 Å². The number of benzene rings is 2. The van der Waals surface area contributed by atoms with Gasteiger partial charge in [-0.1, -0.05) is 11.6 Å². The number of anilines is 2. The molecule has 30 heavy (non-hydrogen) atoms. The molecule has 2 aromatic carbocycles. The van der Waals surface area contributed by atoms with Crippen molar-refractivity contribution in [2.45, 2.75) is 32.1 Å². The van der Waals surface area contributed by atoms with Crippen LogP contribution in [-0.4, -0.2) is 42.9 Å². The molecule has 0 aliphatic carbocycles. The van der Waals surface area contributed by atoms with Gasteiger partial charge in [0.05, 0.1) is 0 Å². The predicted octanol–water partition coefficient (Wildman–Crippen LogP) is 4.82. The van der Waals surface area contributed by atoms with Crippen molar-refractivity contribution in [2.24, 2.45) is 5.92 Å². The molecule has 2 aromatic rings. The molecule has 6 heteroatoms. The SMILES string of the molecule is O=C(Nc1ccc(N2CCCCC2)cc1)C1CCN(C(=O)c2ccc(Cl)cc2)CC1. The van der Waals surface area contributed by atoms with Crippen LogP contribution in [0.3, 0.4) is 0 Å². The second kappa shape index (κ2) is 9.52. The van der Waals surface area contributed by atoms with Crippen molar-refractivity contribution in [1.29, 1.82) is 0 Å². The fourth-order valence-electron chi connectivity index (χ4n) is 4.27. The first-order chi connectivity index (χ1) is 14.6. The maximum atomic E-state index is 12.7. The predicted molar refractivity (Wildman–Crippen MR) is 121 cm³/mol. The Morgan fingerprint density at radius 1 is 0.833 bits per heavy atom. The van der Waals surface area contributed by atoms with Crippen LogP contribution < -0.4 is 10.2 Å². The van der Waals surface area contributed by atoms with Crippen molar-refractivity contribution in [2.75, 3.05) is 36.4 Å². The van der Waals surface area contributed by atoms with Crippen molar-refractivity contribution >= 4 is 34.8 Å². The zero-order valence-electron chi connectivity index (χ0n) is 17.1. The first kappa shape index (κ1) is 20.7. The number of likely N-dealkylation sites (tertiary alicyclic amines) is 1. The summed E-state index contributed by atoms with van der Waals surface area (Å²) in [5.74, 6) is -0.0285. The number of nitrogens with zero attached hydrogens (tertiary/aromatic N) is 2. The molecule has 1 N–H and O–H groups in total. The van der Waals surface area contributed by atoms with Gasteiger partial charge in [0.25, 0.3) is 5.91 Å². The van der Waals surface area contributed by atoms with Gasteiger partial charge in [-0.25, -0.2) is 0 Å². The number of hydrogen-bond acceptors (Lipinski definition) is 3. The maximum Gasteiger partial charge on any atom is 0.253 e. The number of carbonyl (C=O) groups is 2. The summed E-state index contributed by atoms with van der Waals surface area (Å²) in [6.45, 7) is 3.40. The summed E-state index contributed by atoms with van der Waals surface area (Å²) in [5.41, 5.74) is 2.69. The molecular weight excluding hydrogens is 398 g/mol. The maximum absolute atomic E-state index is 12.7. The number of carbonyl (C=O) groups excluding carboxylic acids is 2. The van der Waals surface area contributed by atoms with Crippen LogP contribution in [0.2, 0.25) is 5.02 Å². The van der Waals surface area contributed by atoms with E-state index in [1.54, 1.807) is 24.3 Å². The fourth-order valence-corrected chi connectivity index (χ4v) is 4.40. The summed E-state index contributed by atoms with van der Waals surface area (Å²) in [7, 11) is 0. The standard InChI is InChI=1S/C24H28ClN3O2/c25-20-6-4-19(5-7-20)24(30)28-16-12-18(13-17-28)23(29)26-21-8-10-22(11-9-21)27-14-2-1-3-15-27/h4-11,18H,1-3,12-17H2,(H,26,29). The smallest absolute Gasteiger partial charge is 0.253 e. The normalized spacial score (nSPS) is 17.6. The fraction of sp³-hybridized carbons (Fsp3) is 0.417. The van der Waals surface area contributed by atoms with Gasteiger partial charge >= 0.3 is 0 Å². The van der Waals surface area contributed by atoms with Crippen LogP contribution >= 0.6 is 11.6 Å². The summed E-state index contributed by atoms with van der Waals surface area (Å²) >= 11 is 5.90. The Kier molecular flexibility index (Phi) is 6.58. The van der Waals surface area contributed by atoms with E-state index in [0.717, 1.165) is 18.8 Å². The van der Waals surface area contributed by atoms with Gasteiger partial charge in [0.1, 0.15) is 0 Å². The van der Waals surface area contributed by atoms with E-state index in [0.29, 0.717) is 36.5 Å². The molecule has 2 heterocycles. The summed E-state index contributed by atoms with van der Waals surface area (Å²) < 4.78 is 0. The summed E-state index contributed by atoms with van der Waals surface area (Å²) in [6.07, 6.45) is 5.16. The third kappa shape index (κ3) is 4.96. The van der Waals surface area contributed by atoms with E-state index in [2.05, 4.69) is 22.3 Å². The van der Waals surface area contributed by atoms with Crippen LogP contribution in [-0.2, 0) is 4.79 Å². The molecule has 2 amide bonds. The Balaban J connectivity index is 1.28. The topological polar surface area (TPSA) is 52.7 Å². The second-order valence-electron chi connectivity index (χ2n) is 8.16. The molecule has 2 aliphatic rings. The Bertz CT molecular complexity index is 868. The number of piperidine rings is 2. The summed E-state index contributed by atoms with van der Waals surface area (Å²) in [5, 5.41) is 3.66. The Labute approximate surface area is 183 Å². The lowest BCUT2D eigenvalue weighted by atomic mass is 9.95. The molecule has 2 saturated heterocycles. The largest absolute Gasteiger partial charge is 0.372 e. The highest BCUT2D eigenvalue weighted by molar-refractivity contribution is 6.30. The number of rotatable bonds is 4. The number of halogens is 1. The Hall–Kier alpha value is -2.53. The van der Waals surface area contributed by atoms with Crippen molar-refractivity contribution in [3.05, 3.63) is 59.1 Å². The van der Waals surface area contributed by atoms with Crippen molar-refractivity contribution < 1.29 is 9.59 Å². The molecule has 0 unspecified atom stereocenters. The number of amides is 2. The highest BCUT2D eigenvalue weighted by Crippen LogP contribution is 2.24. The monoisotopic (exact) mass is 425 g/mol. The quantitative estimate of drug-likeness (QED) is 0.763. The number of nitrogens with one attached hydrogen (secondary N) is 1. The molecular formula is C24H28ClN3O2. The molecule has 0 radical (unpaired) electrons. The van der Waals surface area contributed by atoms with Crippen LogP contribution in [0.25, 0.3) is 0 Å². The molecule has 5 nitrogen and oxygen atoms in total. The molecule has 0 spiro atoms. The van der Waals surface area contributed by atoms with Gasteiger partial charge in [0.15, 0.2) is 0 Å². The van der Waals surface area contributed by atoms with Crippen LogP contribution in [0.1, 0.15) is 42.5 Å². The van der Waals surface area contributed by atoms with Gasteiger partial charge in [0.2, 0.25) is 5.91 Å². The highest BCUT2D eigenvalue weighted by Gasteiger charge is 2.28. The molecule has 0 aromatic heterocycles. The minimum Gasteiger partial charge on any atom is -0.372 e. The zero-order chi connectivity index (χ0) is 20.9. The van der Waals surface area contributed by atoms with Crippen molar-refractivity contribution in [3.8, 4) is 0 Å². The lowest BCUT2D eigenvalue weighted by Crippen LogP contribution is -2.41. The Morgan fingerprint density at radius 2 is 1.47 bits per heavy atom. The molecule has 158 valence electrons. The van der Waals surface area contributed by atoms with Crippen LogP contribution in [0.5, 0.6) is 0 Å². The minimum absolute atomic E-state index is 0.00109. The summed E-state index contributed by atoms with van der Waals surface area (Å²) in [4.78, 5) is 29.5. The molecule has 0 atom stereocenters. The van der Waals surface area contributed by atoms with E-state index in [-0.39, 0.29) is 17.7 Å². The van der Waals surface area contributed by atoms with Crippen LogP contribution in [0.4, 0.5) is 11.4 Å². The van der Waals surface area contributed by atoms with E-state index < -0.39 is 0 Å². The van der Waals surface area contributed by atoms with E-state index in [9.17, 15) is 9.59 Å². The Morgan fingerprint density at radius 3 is 2.10 bits per heavy atom. The van der Waals surface area contributed by atoms with E-state index >= 15 is 0 Å². The van der Waals surface area contributed by atoms with Crippen molar-refractivity contribution in [3.63, 3.8) is 0 Å². The molecule has 0 saturated carbocycles. The first-order valence-corrected chi connectivity index (χ1v) is 11.2. The molecule has 0 bridgehead atoms. The van der Waals surface area contributed by atoms with Crippen LogP contribution in [0.15, 0.2) is 48.5 Å². The number of hydrogen-bond donors (Lipinski definition) is 1. The average Bonchev–Trinajstić information content (AvgIpc) is 2.80. The molecule has 2 aliphatic heterocycles. The minimum atomic E-state index is -0.0685. The molecule has 4 rings (SSSR count). The zero-order valence-corrected chi connectivity index (χ0v) is 17.9. The van der Waals surface area contributed by atoms with Gasteiger partial charge in [-0.15, -0.1) is 0 Å².